The Balaban J connectivity index is 1.20. The lowest BCUT2D eigenvalue weighted by Gasteiger charge is -2.36. The van der Waals surface area contributed by atoms with Gasteiger partial charge in [0.25, 0.3) is 0 Å². The summed E-state index contributed by atoms with van der Waals surface area (Å²) in [6, 6.07) is 48.9. The number of allylic oxidation sites excluding steroid dienone is 4. The second-order valence-corrected chi connectivity index (χ2v) is 14.9. The van der Waals surface area contributed by atoms with Gasteiger partial charge in [-0.3, -0.25) is 0 Å². The molecule has 7 aromatic carbocycles. The van der Waals surface area contributed by atoms with E-state index in [4.69, 9.17) is 4.74 Å². The van der Waals surface area contributed by atoms with Crippen molar-refractivity contribution in [2.24, 2.45) is 0 Å². The number of benzene rings is 7. The summed E-state index contributed by atoms with van der Waals surface area (Å²) in [6.07, 6.45) is 7.47. The molecule has 58 heavy (non-hydrogen) atoms. The lowest BCUT2D eigenvalue weighted by atomic mass is 9.66. The summed E-state index contributed by atoms with van der Waals surface area (Å²) in [4.78, 5) is 2.06. The van der Waals surface area contributed by atoms with Crippen LogP contribution < -0.4 is 9.64 Å². The minimum Gasteiger partial charge on any atom is -0.489 e. The first-order valence-corrected chi connectivity index (χ1v) is 19.5. The summed E-state index contributed by atoms with van der Waals surface area (Å²) < 4.78 is 53.8. The van der Waals surface area contributed by atoms with Gasteiger partial charge in [-0.25, -0.2) is 13.2 Å². The summed E-state index contributed by atoms with van der Waals surface area (Å²) >= 11 is 0. The van der Waals surface area contributed by atoms with Crippen molar-refractivity contribution in [1.29, 1.82) is 0 Å². The predicted octanol–water partition coefficient (Wildman–Crippen LogP) is 14.2. The van der Waals surface area contributed by atoms with E-state index >= 15 is 8.78 Å². The van der Waals surface area contributed by atoms with Crippen LogP contribution in [0.15, 0.2) is 182 Å². The molecule has 0 heterocycles. The fraction of sp³-hybridized carbons (Fsp3) is 0.0943. The van der Waals surface area contributed by atoms with Crippen LogP contribution in [0.5, 0.6) is 5.75 Å². The van der Waals surface area contributed by atoms with Crippen LogP contribution in [0, 0.1) is 24.4 Å². The Morgan fingerprint density at radius 3 is 1.97 bits per heavy atom. The van der Waals surface area contributed by atoms with E-state index in [1.807, 2.05) is 72.8 Å². The number of nitrogens with zero attached hydrogens (tertiary/aromatic N) is 1. The standard InChI is InChI=1S/C53H40F3NO/c1-3-36-13-15-37(16-14-36)34-58-45-30-21-40(22-31-45)53(52-50(55)9-6-10-51(52)56)48-8-5-4-7-46(48)47-32-29-44(33-49(47)53)57(43-27-23-41(54)24-28-43)42-25-19-39(20-26-42)38-17-11-35(2)12-18-38/h3,5-6,8-33H,1,4,7,34H2,2H3. The summed E-state index contributed by atoms with van der Waals surface area (Å²) in [7, 11) is 0. The molecule has 0 fully saturated rings. The van der Waals surface area contributed by atoms with Crippen molar-refractivity contribution in [3.63, 3.8) is 0 Å². The molecule has 0 saturated heterocycles. The Morgan fingerprint density at radius 2 is 1.31 bits per heavy atom. The van der Waals surface area contributed by atoms with Crippen molar-refractivity contribution in [2.45, 2.75) is 31.8 Å². The first kappa shape index (κ1) is 36.8. The molecule has 0 radical (unpaired) electrons. The Labute approximate surface area is 337 Å². The van der Waals surface area contributed by atoms with Crippen molar-refractivity contribution < 1.29 is 17.9 Å². The summed E-state index contributed by atoms with van der Waals surface area (Å²) in [6.45, 7) is 6.26. The molecule has 0 saturated carbocycles. The molecule has 2 aliphatic rings. The molecular formula is C53H40F3NO. The fourth-order valence-electron chi connectivity index (χ4n) is 8.57. The average molecular weight is 764 g/mol. The molecule has 0 bridgehead atoms. The van der Waals surface area contributed by atoms with Crippen molar-refractivity contribution in [2.75, 3.05) is 4.90 Å². The molecule has 0 aliphatic heterocycles. The van der Waals surface area contributed by atoms with E-state index in [1.54, 1.807) is 18.2 Å². The van der Waals surface area contributed by atoms with Crippen LogP contribution in [0.2, 0.25) is 0 Å². The van der Waals surface area contributed by atoms with E-state index < -0.39 is 17.0 Å². The largest absolute Gasteiger partial charge is 0.489 e. The van der Waals surface area contributed by atoms with Gasteiger partial charge in [-0.2, -0.15) is 0 Å². The molecule has 2 nitrogen and oxygen atoms in total. The maximum atomic E-state index is 16.6. The summed E-state index contributed by atoms with van der Waals surface area (Å²) in [5, 5.41) is 0. The van der Waals surface area contributed by atoms with Crippen molar-refractivity contribution >= 4 is 28.7 Å². The summed E-state index contributed by atoms with van der Waals surface area (Å²) in [5.74, 6) is -0.968. The molecular weight excluding hydrogens is 724 g/mol. The third kappa shape index (κ3) is 6.53. The second kappa shape index (κ2) is 15.2. The van der Waals surface area contributed by atoms with Gasteiger partial charge in [0.2, 0.25) is 0 Å². The van der Waals surface area contributed by atoms with Gasteiger partial charge in [-0.05, 0) is 143 Å². The van der Waals surface area contributed by atoms with Gasteiger partial charge in [0, 0.05) is 22.6 Å². The highest BCUT2D eigenvalue weighted by Crippen LogP contribution is 2.59. The van der Waals surface area contributed by atoms with Gasteiger partial charge in [-0.1, -0.05) is 115 Å². The monoisotopic (exact) mass is 763 g/mol. The van der Waals surface area contributed by atoms with Crippen LogP contribution in [0.4, 0.5) is 30.2 Å². The number of fused-ring (bicyclic) bond motifs is 2. The van der Waals surface area contributed by atoms with Gasteiger partial charge in [0.1, 0.15) is 29.8 Å². The number of hydrogen-bond donors (Lipinski definition) is 0. The SMILES string of the molecule is C=Cc1ccc(COc2ccc(C3(c4c(F)cccc4F)C4=C(CCC=C4)c4ccc(N(c5ccc(F)cc5)c5ccc(-c6ccc(C)cc6)cc5)cc43)cc2)cc1. The van der Waals surface area contributed by atoms with Crippen molar-refractivity contribution in [1.82, 2.24) is 0 Å². The molecule has 1 atom stereocenters. The average Bonchev–Trinajstić information content (AvgIpc) is 3.54. The highest BCUT2D eigenvalue weighted by atomic mass is 19.1. The van der Waals surface area contributed by atoms with E-state index in [-0.39, 0.29) is 11.4 Å². The topological polar surface area (TPSA) is 12.5 Å². The number of hydrogen-bond acceptors (Lipinski definition) is 2. The van der Waals surface area contributed by atoms with Crippen LogP contribution in [-0.2, 0) is 12.0 Å². The highest BCUT2D eigenvalue weighted by Gasteiger charge is 2.50. The Bertz CT molecular complexity index is 2680. The molecule has 0 aromatic heterocycles. The van der Waals surface area contributed by atoms with E-state index in [0.29, 0.717) is 17.9 Å². The van der Waals surface area contributed by atoms with Gasteiger partial charge < -0.3 is 9.64 Å². The first-order valence-electron chi connectivity index (χ1n) is 19.5. The zero-order chi connectivity index (χ0) is 39.8. The molecule has 0 amide bonds. The van der Waals surface area contributed by atoms with Crippen molar-refractivity contribution in [3.05, 3.63) is 238 Å². The normalized spacial score (nSPS) is 15.5. The first-order chi connectivity index (χ1) is 28.3. The number of aryl methyl sites for hydroxylation is 1. The van der Waals surface area contributed by atoms with Crippen LogP contribution in [0.3, 0.4) is 0 Å². The lowest BCUT2D eigenvalue weighted by molar-refractivity contribution is 0.306. The van der Waals surface area contributed by atoms with E-state index in [0.717, 1.165) is 74.4 Å². The fourth-order valence-corrected chi connectivity index (χ4v) is 8.57. The molecule has 2 aliphatic carbocycles. The van der Waals surface area contributed by atoms with E-state index in [9.17, 15) is 4.39 Å². The minimum atomic E-state index is -1.34. The molecule has 9 rings (SSSR count). The van der Waals surface area contributed by atoms with Crippen LogP contribution >= 0.6 is 0 Å². The third-order valence-corrected chi connectivity index (χ3v) is 11.4. The second-order valence-electron chi connectivity index (χ2n) is 14.9. The third-order valence-electron chi connectivity index (χ3n) is 11.4. The predicted molar refractivity (Wildman–Crippen MR) is 230 cm³/mol. The summed E-state index contributed by atoms with van der Waals surface area (Å²) in [5.41, 5.74) is 10.7. The molecule has 1 unspecified atom stereocenters. The highest BCUT2D eigenvalue weighted by molar-refractivity contribution is 5.91. The quantitative estimate of drug-likeness (QED) is 0.138. The number of anilines is 3. The minimum absolute atomic E-state index is 0.0308. The van der Waals surface area contributed by atoms with Crippen LogP contribution in [0.1, 0.15) is 51.8 Å². The number of rotatable bonds is 10. The zero-order valence-corrected chi connectivity index (χ0v) is 32.1. The van der Waals surface area contributed by atoms with Crippen LogP contribution in [0.25, 0.3) is 22.8 Å². The van der Waals surface area contributed by atoms with E-state index in [2.05, 4.69) is 73.0 Å². The number of ether oxygens (including phenoxy) is 1. The zero-order valence-electron chi connectivity index (χ0n) is 32.1. The lowest BCUT2D eigenvalue weighted by Crippen LogP contribution is -2.32. The maximum absolute atomic E-state index is 16.6. The molecule has 0 N–H and O–H groups in total. The van der Waals surface area contributed by atoms with Gasteiger partial charge in [-0.15, -0.1) is 0 Å². The Hall–Kier alpha value is -6.85. The molecule has 284 valence electrons. The molecule has 0 spiro atoms. The molecule has 5 heteroatoms. The van der Waals surface area contributed by atoms with Gasteiger partial charge in [0.05, 0.1) is 5.41 Å². The Kier molecular flexibility index (Phi) is 9.66. The smallest absolute Gasteiger partial charge is 0.130 e. The molecule has 7 aromatic rings. The maximum Gasteiger partial charge on any atom is 0.130 e. The number of halogens is 3. The van der Waals surface area contributed by atoms with Gasteiger partial charge in [0.15, 0.2) is 0 Å². The van der Waals surface area contributed by atoms with E-state index in [1.165, 1.54) is 35.9 Å². The van der Waals surface area contributed by atoms with Gasteiger partial charge >= 0.3 is 0 Å². The van der Waals surface area contributed by atoms with Crippen molar-refractivity contribution in [3.8, 4) is 16.9 Å². The van der Waals surface area contributed by atoms with Crippen LogP contribution in [-0.4, -0.2) is 0 Å². The Morgan fingerprint density at radius 1 is 0.690 bits per heavy atom.